The molecule has 7 nitrogen and oxygen atoms in total. The van der Waals surface area contributed by atoms with Gasteiger partial charge in [-0.2, -0.15) is 0 Å². The molecule has 0 saturated carbocycles. The Kier molecular flexibility index (Phi) is 6.48. The van der Waals surface area contributed by atoms with Gasteiger partial charge < -0.3 is 19.9 Å². The molecule has 2 aromatic heterocycles. The van der Waals surface area contributed by atoms with Gasteiger partial charge in [0.05, 0.1) is 11.4 Å². The molecular weight excluding hydrogens is 450 g/mol. The van der Waals surface area contributed by atoms with E-state index >= 15 is 0 Å². The van der Waals surface area contributed by atoms with Gasteiger partial charge in [0, 0.05) is 43.8 Å². The number of pyridine rings is 1. The molecule has 36 heavy (non-hydrogen) atoms. The number of hydrogen-bond acceptors (Lipinski definition) is 5. The Bertz CT molecular complexity index is 1330. The van der Waals surface area contributed by atoms with Gasteiger partial charge in [0.25, 0.3) is 5.91 Å². The fourth-order valence-electron chi connectivity index (χ4n) is 4.60. The number of rotatable bonds is 7. The van der Waals surface area contributed by atoms with Crippen LogP contribution in [0.2, 0.25) is 0 Å². The van der Waals surface area contributed by atoms with Crippen LogP contribution in [0.4, 0.5) is 17.2 Å². The molecule has 3 heterocycles. The van der Waals surface area contributed by atoms with Gasteiger partial charge in [-0.05, 0) is 35.7 Å². The average Bonchev–Trinajstić information content (AvgIpc) is 3.24. The lowest BCUT2D eigenvalue weighted by molar-refractivity contribution is 0.0129. The summed E-state index contributed by atoms with van der Waals surface area (Å²) in [5.41, 5.74) is 5.27. The maximum absolute atomic E-state index is 13.4. The quantitative estimate of drug-likeness (QED) is 0.381. The second kappa shape index (κ2) is 9.87. The first-order valence-corrected chi connectivity index (χ1v) is 12.2. The van der Waals surface area contributed by atoms with Gasteiger partial charge in [0.15, 0.2) is 0 Å². The van der Waals surface area contributed by atoms with Crippen molar-refractivity contribution in [2.45, 2.75) is 26.7 Å². The van der Waals surface area contributed by atoms with Crippen molar-refractivity contribution in [2.75, 3.05) is 23.8 Å². The molecule has 0 bridgehead atoms. The van der Waals surface area contributed by atoms with Crippen molar-refractivity contribution < 1.29 is 9.90 Å². The molecule has 0 fully saturated rings. The van der Waals surface area contributed by atoms with Crippen LogP contribution in [0.3, 0.4) is 0 Å². The van der Waals surface area contributed by atoms with Crippen molar-refractivity contribution >= 4 is 23.1 Å². The number of anilines is 3. The third-order valence-electron chi connectivity index (χ3n) is 6.39. The van der Waals surface area contributed by atoms with Crippen LogP contribution in [-0.4, -0.2) is 45.4 Å². The van der Waals surface area contributed by atoms with E-state index in [1.807, 2.05) is 59.6 Å². The predicted octanol–water partition coefficient (Wildman–Crippen LogP) is 5.17. The summed E-state index contributed by atoms with van der Waals surface area (Å²) in [4.78, 5) is 21.1. The topological polar surface area (TPSA) is 73.6 Å². The summed E-state index contributed by atoms with van der Waals surface area (Å²) >= 11 is 0. The van der Waals surface area contributed by atoms with Crippen molar-refractivity contribution in [2.24, 2.45) is 5.92 Å². The Labute approximate surface area is 211 Å². The fourth-order valence-corrected chi connectivity index (χ4v) is 4.60. The van der Waals surface area contributed by atoms with Gasteiger partial charge in [-0.25, -0.2) is 0 Å². The minimum atomic E-state index is -1.01. The highest BCUT2D eigenvalue weighted by atomic mass is 16.3. The zero-order valence-corrected chi connectivity index (χ0v) is 20.8. The molecule has 184 valence electrons. The molecule has 1 aliphatic rings. The average molecular weight is 482 g/mol. The molecule has 1 atom stereocenters. The molecule has 1 amide bonds. The number of carbonyl (C=O) groups is 1. The number of nitrogens with one attached hydrogen (secondary N) is 1. The van der Waals surface area contributed by atoms with E-state index < -0.39 is 6.35 Å². The van der Waals surface area contributed by atoms with Gasteiger partial charge in [-0.15, -0.1) is 0 Å². The number of nitrogens with zero attached hydrogens (tertiary/aromatic N) is 4. The molecule has 0 aliphatic carbocycles. The smallest absolute Gasteiger partial charge is 0.262 e. The van der Waals surface area contributed by atoms with E-state index in [0.29, 0.717) is 30.4 Å². The third kappa shape index (κ3) is 4.57. The minimum absolute atomic E-state index is 0.208. The van der Waals surface area contributed by atoms with Crippen molar-refractivity contribution in [3.8, 4) is 11.3 Å². The molecular formula is C29H31N5O2. The van der Waals surface area contributed by atoms with Crippen molar-refractivity contribution in [1.29, 1.82) is 0 Å². The van der Waals surface area contributed by atoms with E-state index in [4.69, 9.17) is 0 Å². The number of aliphatic hydroxyl groups excluding tert-OH is 1. The molecule has 1 aliphatic heterocycles. The van der Waals surface area contributed by atoms with E-state index in [1.54, 1.807) is 13.2 Å². The van der Waals surface area contributed by atoms with Crippen LogP contribution in [0.25, 0.3) is 11.3 Å². The number of carbonyl (C=O) groups excluding carboxylic acids is 1. The zero-order chi connectivity index (χ0) is 25.2. The monoisotopic (exact) mass is 481 g/mol. The molecule has 1 unspecified atom stereocenters. The Morgan fingerprint density at radius 2 is 1.72 bits per heavy atom. The molecule has 2 N–H and O–H groups in total. The summed E-state index contributed by atoms with van der Waals surface area (Å²) in [5.74, 6) is 0.810. The minimum Gasteiger partial charge on any atom is -0.356 e. The van der Waals surface area contributed by atoms with E-state index in [9.17, 15) is 9.90 Å². The largest absolute Gasteiger partial charge is 0.356 e. The van der Waals surface area contributed by atoms with Crippen LogP contribution in [-0.2, 0) is 6.54 Å². The first-order chi connectivity index (χ1) is 17.4. The fraction of sp³-hybridized carbons (Fsp3) is 0.241. The van der Waals surface area contributed by atoms with Gasteiger partial charge in [-0.3, -0.25) is 14.7 Å². The normalized spacial score (nSPS) is 15.4. The summed E-state index contributed by atoms with van der Waals surface area (Å²) in [6, 6.07) is 24.0. The van der Waals surface area contributed by atoms with Crippen LogP contribution in [0.5, 0.6) is 0 Å². The summed E-state index contributed by atoms with van der Waals surface area (Å²) in [6.45, 7) is 5.39. The van der Waals surface area contributed by atoms with Gasteiger partial charge in [0.2, 0.25) is 6.35 Å². The van der Waals surface area contributed by atoms with Crippen molar-refractivity contribution in [1.82, 2.24) is 14.5 Å². The molecule has 0 spiro atoms. The van der Waals surface area contributed by atoms with E-state index in [2.05, 4.69) is 53.0 Å². The Balaban J connectivity index is 1.55. The van der Waals surface area contributed by atoms with E-state index in [-0.39, 0.29) is 5.91 Å². The zero-order valence-electron chi connectivity index (χ0n) is 20.8. The maximum atomic E-state index is 13.4. The van der Waals surface area contributed by atoms with E-state index in [1.165, 1.54) is 4.90 Å². The van der Waals surface area contributed by atoms with Crippen LogP contribution >= 0.6 is 0 Å². The highest BCUT2D eigenvalue weighted by Crippen LogP contribution is 2.39. The lowest BCUT2D eigenvalue weighted by Crippen LogP contribution is -2.54. The summed E-state index contributed by atoms with van der Waals surface area (Å²) in [5, 5.41) is 14.4. The summed E-state index contributed by atoms with van der Waals surface area (Å²) < 4.78 is 2.06. The number of para-hydroxylation sites is 1. The highest BCUT2D eigenvalue weighted by Gasteiger charge is 2.38. The molecule has 5 rings (SSSR count). The predicted molar refractivity (Wildman–Crippen MR) is 143 cm³/mol. The molecule has 7 heteroatoms. The second-order valence-electron chi connectivity index (χ2n) is 9.58. The molecule has 2 aromatic carbocycles. The van der Waals surface area contributed by atoms with Crippen LogP contribution in [0.1, 0.15) is 29.8 Å². The first kappa shape index (κ1) is 23.6. The van der Waals surface area contributed by atoms with Crippen LogP contribution in [0, 0.1) is 5.92 Å². The van der Waals surface area contributed by atoms with Crippen molar-refractivity contribution in [3.63, 3.8) is 0 Å². The van der Waals surface area contributed by atoms with Crippen molar-refractivity contribution in [3.05, 3.63) is 96.3 Å². The summed E-state index contributed by atoms with van der Waals surface area (Å²) in [7, 11) is 1.64. The van der Waals surface area contributed by atoms with Gasteiger partial charge >= 0.3 is 0 Å². The molecule has 0 saturated heterocycles. The number of fused-ring (bicyclic) bond motifs is 1. The lowest BCUT2D eigenvalue weighted by atomic mass is 10.1. The number of aromatic nitrogens is 2. The first-order valence-electron chi connectivity index (χ1n) is 12.2. The van der Waals surface area contributed by atoms with Crippen LogP contribution in [0.15, 0.2) is 85.2 Å². The van der Waals surface area contributed by atoms with E-state index in [0.717, 1.165) is 28.2 Å². The van der Waals surface area contributed by atoms with Crippen LogP contribution < -0.4 is 10.2 Å². The SMILES string of the molecule is CC(C)CN1c2cn(Cc3ccc(-c4ccccn4)cc3)c(Nc3ccccc3)c2C(=O)N(C)C1O. The number of amides is 1. The number of benzene rings is 2. The van der Waals surface area contributed by atoms with Gasteiger partial charge in [-0.1, -0.05) is 62.4 Å². The Morgan fingerprint density at radius 3 is 2.39 bits per heavy atom. The standard InChI is InChI=1S/C29H31N5O2/c1-20(2)17-34-25-19-33(18-21-12-14-22(15-13-21)24-11-7-8-16-30-24)27(31-23-9-5-4-6-10-23)26(25)28(35)32(3)29(34)36/h4-16,19-20,29,31,36H,17-18H2,1-3H3. The second-order valence-corrected chi connectivity index (χ2v) is 9.58. The third-order valence-corrected chi connectivity index (χ3v) is 6.39. The maximum Gasteiger partial charge on any atom is 0.262 e. The highest BCUT2D eigenvalue weighted by molar-refractivity contribution is 6.07. The molecule has 4 aromatic rings. The Hall–Kier alpha value is -4.10. The number of aliphatic hydroxyl groups is 1. The lowest BCUT2D eigenvalue weighted by Gasteiger charge is -2.40. The number of hydrogen-bond donors (Lipinski definition) is 2. The molecule has 0 radical (unpaired) electrons. The van der Waals surface area contributed by atoms with Gasteiger partial charge in [0.1, 0.15) is 11.4 Å². The Morgan fingerprint density at radius 1 is 1.00 bits per heavy atom. The summed E-state index contributed by atoms with van der Waals surface area (Å²) in [6.07, 6.45) is 2.76.